The minimum Gasteiger partial charge on any atom is -0.493 e. The number of carbonyl (C=O) groups is 2. The average Bonchev–Trinajstić information content (AvgIpc) is 3.64. The van der Waals surface area contributed by atoms with Gasteiger partial charge in [-0.1, -0.05) is 18.6 Å². The Labute approximate surface area is 223 Å². The van der Waals surface area contributed by atoms with Crippen LogP contribution in [0.15, 0.2) is 24.5 Å². The molecule has 9 nitrogen and oxygen atoms in total. The van der Waals surface area contributed by atoms with Gasteiger partial charge >= 0.3 is 0 Å². The largest absolute Gasteiger partial charge is 0.493 e. The summed E-state index contributed by atoms with van der Waals surface area (Å²) in [5.41, 5.74) is 5.36. The van der Waals surface area contributed by atoms with Gasteiger partial charge in [0.05, 0.1) is 17.7 Å². The number of benzene rings is 1. The number of H-pyrrole nitrogens is 1. The highest BCUT2D eigenvalue weighted by atomic mass is 16.5. The van der Waals surface area contributed by atoms with Gasteiger partial charge in [-0.3, -0.25) is 9.59 Å². The van der Waals surface area contributed by atoms with Crippen LogP contribution in [0, 0.1) is 25.7 Å². The molecule has 2 saturated carbocycles. The highest BCUT2D eigenvalue weighted by molar-refractivity contribution is 6.09. The van der Waals surface area contributed by atoms with E-state index in [1.807, 2.05) is 26.0 Å². The Morgan fingerprint density at radius 3 is 2.66 bits per heavy atom. The van der Waals surface area contributed by atoms with Crippen molar-refractivity contribution in [3.8, 4) is 17.0 Å². The second kappa shape index (κ2) is 11.1. The molecule has 0 spiro atoms. The van der Waals surface area contributed by atoms with E-state index in [4.69, 9.17) is 9.47 Å². The number of aromatic nitrogens is 3. The minimum atomic E-state index is -0.146. The topological polar surface area (TPSA) is 118 Å². The van der Waals surface area contributed by atoms with Gasteiger partial charge in [0.15, 0.2) is 0 Å². The van der Waals surface area contributed by atoms with Crippen LogP contribution >= 0.6 is 0 Å². The normalized spacial score (nSPS) is 21.3. The number of rotatable bonds is 9. The summed E-state index contributed by atoms with van der Waals surface area (Å²) < 4.78 is 11.1. The Bertz CT molecular complexity index is 1330. The van der Waals surface area contributed by atoms with Crippen molar-refractivity contribution in [1.82, 2.24) is 25.6 Å². The highest BCUT2D eigenvalue weighted by Crippen LogP contribution is 2.37. The maximum atomic E-state index is 13.5. The fraction of sp³-hybridized carbons (Fsp3) is 0.517. The van der Waals surface area contributed by atoms with Gasteiger partial charge in [-0.25, -0.2) is 9.97 Å². The number of aryl methyl sites for hydroxylation is 2. The van der Waals surface area contributed by atoms with Gasteiger partial charge < -0.3 is 25.1 Å². The number of amides is 2. The minimum absolute atomic E-state index is 0.0259. The Morgan fingerprint density at radius 2 is 1.92 bits per heavy atom. The number of ether oxygens (including phenoxy) is 2. The molecule has 2 heterocycles. The summed E-state index contributed by atoms with van der Waals surface area (Å²) in [5, 5.41) is 6.27. The fourth-order valence-electron chi connectivity index (χ4n) is 5.43. The molecule has 3 aromatic rings. The smallest absolute Gasteiger partial charge is 0.255 e. The molecule has 1 aromatic carbocycles. The maximum Gasteiger partial charge on any atom is 0.255 e. The lowest BCUT2D eigenvalue weighted by Crippen LogP contribution is -2.48. The monoisotopic (exact) mass is 519 g/mol. The van der Waals surface area contributed by atoms with E-state index in [9.17, 15) is 9.59 Å². The van der Waals surface area contributed by atoms with Gasteiger partial charge in [-0.2, -0.15) is 0 Å². The fourth-order valence-corrected chi connectivity index (χ4v) is 5.43. The van der Waals surface area contributed by atoms with Crippen LogP contribution in [-0.4, -0.2) is 59.2 Å². The van der Waals surface area contributed by atoms with Crippen molar-refractivity contribution in [2.24, 2.45) is 11.8 Å². The molecule has 2 fully saturated rings. The van der Waals surface area contributed by atoms with Crippen molar-refractivity contribution >= 4 is 22.8 Å². The zero-order chi connectivity index (χ0) is 26.8. The predicted molar refractivity (Wildman–Crippen MR) is 145 cm³/mol. The molecule has 0 bridgehead atoms. The Hall–Kier alpha value is -3.46. The van der Waals surface area contributed by atoms with Crippen molar-refractivity contribution in [3.63, 3.8) is 0 Å². The van der Waals surface area contributed by atoms with E-state index in [-0.39, 0.29) is 36.4 Å². The Morgan fingerprint density at radius 1 is 1.11 bits per heavy atom. The molecule has 0 radical (unpaired) electrons. The third-order valence-electron chi connectivity index (χ3n) is 7.69. The molecule has 38 heavy (non-hydrogen) atoms. The van der Waals surface area contributed by atoms with E-state index in [1.165, 1.54) is 26.3 Å². The van der Waals surface area contributed by atoms with Crippen molar-refractivity contribution in [2.75, 3.05) is 20.3 Å². The van der Waals surface area contributed by atoms with Gasteiger partial charge in [0, 0.05) is 30.5 Å². The second-order valence-electron chi connectivity index (χ2n) is 10.9. The van der Waals surface area contributed by atoms with Crippen LogP contribution in [0.1, 0.15) is 60.6 Å². The summed E-state index contributed by atoms with van der Waals surface area (Å²) in [6, 6.07) is 6.23. The second-order valence-corrected chi connectivity index (χ2v) is 10.9. The number of methoxy groups -OCH3 is 1. The number of hydrogen-bond acceptors (Lipinski definition) is 6. The molecule has 0 aliphatic heterocycles. The van der Waals surface area contributed by atoms with Crippen LogP contribution in [0.2, 0.25) is 0 Å². The summed E-state index contributed by atoms with van der Waals surface area (Å²) >= 11 is 0. The molecule has 2 aliphatic carbocycles. The number of aromatic amines is 1. The SMILES string of the molecule is COCC(=O)N[C@@H]1CC[C@H](NC(=O)c2c(C)[nH]c3c(-c4cc(C)ccc4OCC4CC4)ncnc23)C[C@H]1C. The third kappa shape index (κ3) is 5.67. The van der Waals surface area contributed by atoms with E-state index < -0.39 is 0 Å². The first-order chi connectivity index (χ1) is 18.3. The van der Waals surface area contributed by atoms with Crippen LogP contribution in [0.25, 0.3) is 22.3 Å². The molecular formula is C29H37N5O4. The van der Waals surface area contributed by atoms with Crippen LogP contribution in [0.3, 0.4) is 0 Å². The average molecular weight is 520 g/mol. The quantitative estimate of drug-likeness (QED) is 0.392. The van der Waals surface area contributed by atoms with Crippen LogP contribution < -0.4 is 15.4 Å². The van der Waals surface area contributed by atoms with E-state index >= 15 is 0 Å². The van der Waals surface area contributed by atoms with Crippen LogP contribution in [0.4, 0.5) is 0 Å². The lowest BCUT2D eigenvalue weighted by Gasteiger charge is -2.35. The molecule has 2 amide bonds. The number of nitrogens with one attached hydrogen (secondary N) is 3. The van der Waals surface area contributed by atoms with Crippen molar-refractivity contribution in [2.45, 2.75) is 65.0 Å². The first kappa shape index (κ1) is 26.2. The summed E-state index contributed by atoms with van der Waals surface area (Å²) in [5.74, 6) is 1.42. The van der Waals surface area contributed by atoms with Crippen molar-refractivity contribution in [1.29, 1.82) is 0 Å². The Balaban J connectivity index is 1.35. The molecule has 2 aliphatic rings. The molecule has 2 aromatic heterocycles. The maximum absolute atomic E-state index is 13.5. The summed E-state index contributed by atoms with van der Waals surface area (Å²) in [7, 11) is 1.51. The predicted octanol–water partition coefficient (Wildman–Crippen LogP) is 4.08. The molecular weight excluding hydrogens is 482 g/mol. The zero-order valence-electron chi connectivity index (χ0n) is 22.6. The van der Waals surface area contributed by atoms with E-state index in [0.29, 0.717) is 23.6 Å². The number of nitrogens with zero attached hydrogens (tertiary/aromatic N) is 2. The van der Waals surface area contributed by atoms with Crippen molar-refractivity contribution in [3.05, 3.63) is 41.3 Å². The summed E-state index contributed by atoms with van der Waals surface area (Å²) in [6.07, 6.45) is 6.34. The molecule has 5 rings (SSSR count). The van der Waals surface area contributed by atoms with Gasteiger partial charge in [0.2, 0.25) is 5.91 Å². The molecule has 0 saturated heterocycles. The molecule has 9 heteroatoms. The summed E-state index contributed by atoms with van der Waals surface area (Å²) in [4.78, 5) is 38.0. The molecule has 0 unspecified atom stereocenters. The van der Waals surface area contributed by atoms with Crippen LogP contribution in [0.5, 0.6) is 5.75 Å². The zero-order valence-corrected chi connectivity index (χ0v) is 22.6. The summed E-state index contributed by atoms with van der Waals surface area (Å²) in [6.45, 7) is 6.82. The number of carbonyl (C=O) groups excluding carboxylic acids is 2. The van der Waals surface area contributed by atoms with Crippen LogP contribution in [-0.2, 0) is 9.53 Å². The van der Waals surface area contributed by atoms with E-state index in [2.05, 4.69) is 38.6 Å². The van der Waals surface area contributed by atoms with Gasteiger partial charge in [-0.15, -0.1) is 0 Å². The third-order valence-corrected chi connectivity index (χ3v) is 7.69. The Kier molecular flexibility index (Phi) is 7.65. The lowest BCUT2D eigenvalue weighted by atomic mass is 9.82. The molecule has 3 atom stereocenters. The lowest BCUT2D eigenvalue weighted by molar-refractivity contribution is -0.126. The van der Waals surface area contributed by atoms with Gasteiger partial charge in [0.25, 0.3) is 5.91 Å². The first-order valence-electron chi connectivity index (χ1n) is 13.5. The molecule has 202 valence electrons. The van der Waals surface area contributed by atoms with E-state index in [1.54, 1.807) is 0 Å². The van der Waals surface area contributed by atoms with Gasteiger partial charge in [-0.05, 0) is 69.9 Å². The first-order valence-corrected chi connectivity index (χ1v) is 13.5. The van der Waals surface area contributed by atoms with Crippen molar-refractivity contribution < 1.29 is 19.1 Å². The number of hydrogen-bond donors (Lipinski definition) is 3. The molecule has 3 N–H and O–H groups in total. The highest BCUT2D eigenvalue weighted by Gasteiger charge is 2.31. The number of fused-ring (bicyclic) bond motifs is 1. The standard InChI is InChI=1S/C29H37N5O4/c1-16-5-10-23(38-13-19-6-7-19)21(11-16)26-28-27(31-15-30-26)25(18(3)32-28)29(36)33-20-8-9-22(17(2)12-20)34-24(35)14-37-4/h5,10-11,15,17,19-20,22,32H,6-9,12-14H2,1-4H3,(H,33,36)(H,34,35)/t17-,20+,22-/m1/s1. The van der Waals surface area contributed by atoms with Gasteiger partial charge in [0.1, 0.15) is 29.9 Å². The van der Waals surface area contributed by atoms with E-state index in [0.717, 1.165) is 53.0 Å².